The molecule has 6 nitrogen and oxygen atoms in total. The molecule has 0 aromatic carbocycles. The summed E-state index contributed by atoms with van der Waals surface area (Å²) in [6.07, 6.45) is 3.24. The molecular formula is C8H12N4O2S. The number of aromatic amines is 1. The number of thioether (sulfide) groups is 1. The summed E-state index contributed by atoms with van der Waals surface area (Å²) in [6, 6.07) is 0. The molecule has 0 amide bonds. The van der Waals surface area contributed by atoms with E-state index in [9.17, 15) is 4.79 Å². The highest BCUT2D eigenvalue weighted by atomic mass is 32.2. The van der Waals surface area contributed by atoms with Crippen molar-refractivity contribution in [1.82, 2.24) is 15.2 Å². The molecule has 1 aromatic heterocycles. The average Bonchev–Trinajstić information content (AvgIpc) is 2.77. The van der Waals surface area contributed by atoms with Crippen molar-refractivity contribution in [2.45, 2.75) is 35.2 Å². The van der Waals surface area contributed by atoms with Crippen LogP contribution in [-0.4, -0.2) is 37.0 Å². The lowest BCUT2D eigenvalue weighted by molar-refractivity contribution is -0.143. The van der Waals surface area contributed by atoms with Gasteiger partial charge in [-0.25, -0.2) is 4.98 Å². The molecule has 0 spiro atoms. The third-order valence-corrected chi connectivity index (χ3v) is 3.76. The molecule has 1 aromatic rings. The summed E-state index contributed by atoms with van der Waals surface area (Å²) in [7, 11) is 0. The van der Waals surface area contributed by atoms with E-state index in [0.29, 0.717) is 12.8 Å². The topological polar surface area (TPSA) is 105 Å². The maximum atomic E-state index is 10.9. The van der Waals surface area contributed by atoms with E-state index in [1.54, 1.807) is 0 Å². The number of nitrogens with two attached hydrogens (primary N) is 1. The summed E-state index contributed by atoms with van der Waals surface area (Å²) in [6.45, 7) is 0. The highest BCUT2D eigenvalue weighted by Crippen LogP contribution is 2.37. The van der Waals surface area contributed by atoms with Crippen molar-refractivity contribution in [2.24, 2.45) is 5.73 Å². The molecule has 1 aliphatic carbocycles. The molecule has 0 aliphatic heterocycles. The van der Waals surface area contributed by atoms with Gasteiger partial charge in [0.15, 0.2) is 5.16 Å². The lowest BCUT2D eigenvalue weighted by Crippen LogP contribution is -2.45. The minimum absolute atomic E-state index is 0.207. The monoisotopic (exact) mass is 228 g/mol. The minimum Gasteiger partial charge on any atom is -0.480 e. The fourth-order valence-corrected chi connectivity index (χ4v) is 2.88. The van der Waals surface area contributed by atoms with Crippen LogP contribution in [0.4, 0.5) is 0 Å². The summed E-state index contributed by atoms with van der Waals surface area (Å²) >= 11 is 1.51. The van der Waals surface area contributed by atoms with Crippen LogP contribution in [0, 0.1) is 0 Å². The van der Waals surface area contributed by atoms with E-state index in [-0.39, 0.29) is 5.25 Å². The van der Waals surface area contributed by atoms with E-state index < -0.39 is 11.5 Å². The van der Waals surface area contributed by atoms with Crippen molar-refractivity contribution < 1.29 is 9.90 Å². The van der Waals surface area contributed by atoms with Gasteiger partial charge in [0.25, 0.3) is 0 Å². The summed E-state index contributed by atoms with van der Waals surface area (Å²) in [5.74, 6) is -0.914. The third-order valence-electron chi connectivity index (χ3n) is 2.60. The van der Waals surface area contributed by atoms with Gasteiger partial charge < -0.3 is 10.8 Å². The third kappa shape index (κ3) is 2.13. The summed E-state index contributed by atoms with van der Waals surface area (Å²) < 4.78 is 0. The van der Waals surface area contributed by atoms with Crippen LogP contribution in [0.15, 0.2) is 11.5 Å². The summed E-state index contributed by atoms with van der Waals surface area (Å²) in [5.41, 5.74) is 4.70. The van der Waals surface area contributed by atoms with Gasteiger partial charge in [-0.3, -0.25) is 9.89 Å². The van der Waals surface area contributed by atoms with E-state index in [0.717, 1.165) is 11.6 Å². The van der Waals surface area contributed by atoms with Gasteiger partial charge in [-0.15, -0.1) is 0 Å². The van der Waals surface area contributed by atoms with E-state index in [4.69, 9.17) is 10.8 Å². The van der Waals surface area contributed by atoms with Crippen LogP contribution in [0.5, 0.6) is 0 Å². The quantitative estimate of drug-likeness (QED) is 0.684. The molecule has 7 heteroatoms. The number of aliphatic carboxylic acids is 1. The Balaban J connectivity index is 1.96. The number of hydrogen-bond donors (Lipinski definition) is 3. The van der Waals surface area contributed by atoms with Gasteiger partial charge in [0, 0.05) is 5.25 Å². The van der Waals surface area contributed by atoms with Crippen molar-refractivity contribution in [2.75, 3.05) is 0 Å². The molecule has 0 radical (unpaired) electrons. The Bertz CT molecular complexity index is 356. The standard InChI is InChI=1S/C8H12N4O2S/c9-8(6(13)14)2-1-5(3-8)15-7-10-4-11-12-7/h4-5H,1-3,9H2,(H,13,14)(H,10,11,12). The first-order valence-corrected chi connectivity index (χ1v) is 5.52. The number of aromatic nitrogens is 3. The van der Waals surface area contributed by atoms with Crippen LogP contribution in [0.25, 0.3) is 0 Å². The van der Waals surface area contributed by atoms with Gasteiger partial charge in [-0.2, -0.15) is 5.10 Å². The minimum atomic E-state index is -1.06. The van der Waals surface area contributed by atoms with Crippen LogP contribution in [-0.2, 0) is 4.79 Å². The Kier molecular flexibility index (Phi) is 2.66. The molecular weight excluding hydrogens is 216 g/mol. The van der Waals surface area contributed by atoms with Crippen molar-refractivity contribution in [3.05, 3.63) is 6.33 Å². The lowest BCUT2D eigenvalue weighted by Gasteiger charge is -2.17. The number of rotatable bonds is 3. The van der Waals surface area contributed by atoms with Crippen LogP contribution in [0.3, 0.4) is 0 Å². The van der Waals surface area contributed by atoms with Gasteiger partial charge in [-0.1, -0.05) is 11.8 Å². The molecule has 1 saturated carbocycles. The molecule has 2 rings (SSSR count). The largest absolute Gasteiger partial charge is 0.480 e. The fraction of sp³-hybridized carbons (Fsp3) is 0.625. The number of carbonyl (C=O) groups is 1. The van der Waals surface area contributed by atoms with E-state index in [1.165, 1.54) is 18.1 Å². The van der Waals surface area contributed by atoms with Gasteiger partial charge in [0.05, 0.1) is 0 Å². The first-order chi connectivity index (χ1) is 7.10. The second-order valence-corrected chi connectivity index (χ2v) is 5.02. The normalized spacial score (nSPS) is 30.6. The predicted octanol–water partition coefficient (Wildman–Crippen LogP) is 0.231. The molecule has 1 heterocycles. The Labute approximate surface area is 90.7 Å². The van der Waals surface area contributed by atoms with Gasteiger partial charge >= 0.3 is 5.97 Å². The predicted molar refractivity (Wildman–Crippen MR) is 54.4 cm³/mol. The molecule has 2 unspecified atom stereocenters. The maximum absolute atomic E-state index is 10.9. The van der Waals surface area contributed by atoms with Gasteiger partial charge in [-0.05, 0) is 19.3 Å². The molecule has 0 bridgehead atoms. The molecule has 2 atom stereocenters. The zero-order valence-corrected chi connectivity index (χ0v) is 8.83. The van der Waals surface area contributed by atoms with E-state index in [2.05, 4.69) is 15.2 Å². The fourth-order valence-electron chi connectivity index (χ4n) is 1.73. The Morgan fingerprint density at radius 2 is 2.60 bits per heavy atom. The maximum Gasteiger partial charge on any atom is 0.323 e. The van der Waals surface area contributed by atoms with Gasteiger partial charge in [0.2, 0.25) is 0 Å². The molecule has 4 N–H and O–H groups in total. The van der Waals surface area contributed by atoms with Crippen molar-refractivity contribution in [1.29, 1.82) is 0 Å². The Morgan fingerprint density at radius 3 is 3.13 bits per heavy atom. The lowest BCUT2D eigenvalue weighted by atomic mass is 10.0. The van der Waals surface area contributed by atoms with Crippen molar-refractivity contribution in [3.63, 3.8) is 0 Å². The molecule has 0 saturated heterocycles. The highest BCUT2D eigenvalue weighted by molar-refractivity contribution is 7.99. The number of nitrogens with zero attached hydrogens (tertiary/aromatic N) is 2. The SMILES string of the molecule is NC1(C(=O)O)CCC(Sc2ncn[nH]2)C1. The smallest absolute Gasteiger partial charge is 0.323 e. The van der Waals surface area contributed by atoms with Crippen LogP contribution in [0.2, 0.25) is 0 Å². The van der Waals surface area contributed by atoms with E-state index in [1.807, 2.05) is 0 Å². The van der Waals surface area contributed by atoms with Crippen molar-refractivity contribution >= 4 is 17.7 Å². The molecule has 82 valence electrons. The van der Waals surface area contributed by atoms with Gasteiger partial charge in [0.1, 0.15) is 11.9 Å². The highest BCUT2D eigenvalue weighted by Gasteiger charge is 2.42. The first-order valence-electron chi connectivity index (χ1n) is 4.64. The number of hydrogen-bond acceptors (Lipinski definition) is 5. The summed E-state index contributed by atoms with van der Waals surface area (Å²) in [5, 5.41) is 16.3. The Morgan fingerprint density at radius 1 is 1.80 bits per heavy atom. The summed E-state index contributed by atoms with van der Waals surface area (Å²) in [4.78, 5) is 14.9. The zero-order chi connectivity index (χ0) is 10.9. The first kappa shape index (κ1) is 10.4. The second kappa shape index (κ2) is 3.82. The number of nitrogens with one attached hydrogen (secondary N) is 1. The van der Waals surface area contributed by atoms with Crippen molar-refractivity contribution in [3.8, 4) is 0 Å². The molecule has 15 heavy (non-hydrogen) atoms. The van der Waals surface area contributed by atoms with E-state index >= 15 is 0 Å². The zero-order valence-electron chi connectivity index (χ0n) is 8.01. The number of carboxylic acid groups (broad SMARTS) is 1. The average molecular weight is 228 g/mol. The molecule has 1 fully saturated rings. The van der Waals surface area contributed by atoms with Crippen LogP contribution < -0.4 is 5.73 Å². The van der Waals surface area contributed by atoms with Crippen LogP contribution >= 0.6 is 11.8 Å². The molecule has 1 aliphatic rings. The van der Waals surface area contributed by atoms with Crippen LogP contribution in [0.1, 0.15) is 19.3 Å². The Hall–Kier alpha value is -1.08. The number of H-pyrrole nitrogens is 1. The second-order valence-electron chi connectivity index (χ2n) is 3.73. The number of carboxylic acids is 1.